The Morgan fingerprint density at radius 2 is 1.82 bits per heavy atom. The summed E-state index contributed by atoms with van der Waals surface area (Å²) in [4.78, 5) is 29.1. The third-order valence-corrected chi connectivity index (χ3v) is 8.50. The number of thioether (sulfide) groups is 1. The Bertz CT molecular complexity index is 1330. The maximum atomic E-state index is 12.8. The summed E-state index contributed by atoms with van der Waals surface area (Å²) in [7, 11) is 0. The summed E-state index contributed by atoms with van der Waals surface area (Å²) in [6.45, 7) is 0. The van der Waals surface area contributed by atoms with Crippen molar-refractivity contribution in [1.82, 2.24) is 4.98 Å². The molecule has 33 heavy (non-hydrogen) atoms. The second kappa shape index (κ2) is 9.53. The highest BCUT2D eigenvalue weighted by Crippen LogP contribution is 2.35. The van der Waals surface area contributed by atoms with Gasteiger partial charge in [-0.2, -0.15) is 0 Å². The minimum absolute atomic E-state index is 0.198. The molecule has 0 radical (unpaired) electrons. The molecule has 1 aromatic heterocycles. The third-order valence-electron chi connectivity index (χ3n) is 6.29. The van der Waals surface area contributed by atoms with Crippen LogP contribution in [0.25, 0.3) is 21.0 Å². The van der Waals surface area contributed by atoms with Gasteiger partial charge in [0.05, 0.1) is 22.1 Å². The Morgan fingerprint density at radius 3 is 2.67 bits per heavy atom. The van der Waals surface area contributed by atoms with E-state index in [0.29, 0.717) is 18.5 Å². The molecule has 168 valence electrons. The van der Waals surface area contributed by atoms with E-state index in [0.717, 1.165) is 33.2 Å². The Hall–Kier alpha value is -2.90. The molecule has 0 saturated heterocycles. The second-order valence-corrected chi connectivity index (χ2v) is 10.7. The molecule has 0 spiro atoms. The molecule has 0 aliphatic heterocycles. The molecule has 0 bridgehead atoms. The van der Waals surface area contributed by atoms with Gasteiger partial charge in [0.25, 0.3) is 0 Å². The van der Waals surface area contributed by atoms with Gasteiger partial charge < -0.3 is 10.4 Å². The molecule has 1 heterocycles. The number of aromatic nitrogens is 1. The molecule has 0 unspecified atom stereocenters. The fraction of sp³-hybridized carbons (Fsp3) is 0.269. The lowest BCUT2D eigenvalue weighted by atomic mass is 9.78. The molecule has 1 aliphatic rings. The van der Waals surface area contributed by atoms with Gasteiger partial charge in [-0.25, -0.2) is 4.98 Å². The van der Waals surface area contributed by atoms with Crippen molar-refractivity contribution in [3.63, 3.8) is 0 Å². The van der Waals surface area contributed by atoms with Crippen molar-refractivity contribution in [2.45, 2.75) is 35.8 Å². The van der Waals surface area contributed by atoms with Gasteiger partial charge in [0.15, 0.2) is 4.34 Å². The number of rotatable bonds is 6. The largest absolute Gasteiger partial charge is 0.481 e. The maximum absolute atomic E-state index is 12.8. The van der Waals surface area contributed by atoms with Crippen molar-refractivity contribution >= 4 is 61.7 Å². The first kappa shape index (κ1) is 21.9. The molecule has 7 heteroatoms. The predicted octanol–water partition coefficient (Wildman–Crippen LogP) is 6.57. The van der Waals surface area contributed by atoms with Gasteiger partial charge in [0, 0.05) is 11.4 Å². The number of anilines is 1. The number of benzene rings is 3. The first-order valence-electron chi connectivity index (χ1n) is 11.1. The number of thiazole rings is 1. The summed E-state index contributed by atoms with van der Waals surface area (Å²) in [6, 6.07) is 20.5. The van der Waals surface area contributed by atoms with E-state index in [1.165, 1.54) is 16.3 Å². The molecule has 1 aliphatic carbocycles. The fourth-order valence-corrected chi connectivity index (χ4v) is 6.69. The number of hydrogen-bond donors (Lipinski definition) is 2. The summed E-state index contributed by atoms with van der Waals surface area (Å²) in [6.07, 6.45) is 2.96. The van der Waals surface area contributed by atoms with Crippen LogP contribution in [0.1, 0.15) is 31.2 Å². The number of carbonyl (C=O) groups is 2. The number of nitrogens with one attached hydrogen (secondary N) is 1. The molecule has 1 saturated carbocycles. The Labute approximate surface area is 200 Å². The van der Waals surface area contributed by atoms with Crippen LogP contribution in [0, 0.1) is 11.8 Å². The zero-order valence-corrected chi connectivity index (χ0v) is 19.6. The van der Waals surface area contributed by atoms with Crippen molar-refractivity contribution in [2.75, 3.05) is 5.32 Å². The van der Waals surface area contributed by atoms with Gasteiger partial charge in [-0.15, -0.1) is 11.3 Å². The lowest BCUT2D eigenvalue weighted by Gasteiger charge is -2.27. The first-order valence-corrected chi connectivity index (χ1v) is 12.9. The molecule has 1 amide bonds. The van der Waals surface area contributed by atoms with E-state index in [1.807, 2.05) is 18.2 Å². The van der Waals surface area contributed by atoms with Gasteiger partial charge in [-0.05, 0) is 47.4 Å². The van der Waals surface area contributed by atoms with Gasteiger partial charge in [-0.3, -0.25) is 9.59 Å². The van der Waals surface area contributed by atoms with Gasteiger partial charge >= 0.3 is 5.97 Å². The van der Waals surface area contributed by atoms with E-state index < -0.39 is 17.8 Å². The molecule has 2 atom stereocenters. The summed E-state index contributed by atoms with van der Waals surface area (Å²) < 4.78 is 1.99. The second-order valence-electron chi connectivity index (χ2n) is 8.41. The fourth-order valence-electron chi connectivity index (χ4n) is 4.58. The standard InChI is InChI=1S/C26H24N2O3S2/c29-24(20-10-3-4-11-21(20)25(30)31)27-18-12-13-22-23(14-18)33-26(28-22)32-15-17-8-5-7-16-6-1-2-9-19(16)17/h1-2,5-9,12-14,20-21H,3-4,10-11,15H2,(H,27,29)(H,30,31)/t20-,21-/m1/s1. The highest BCUT2D eigenvalue weighted by molar-refractivity contribution is 8.00. The number of nitrogens with zero attached hydrogens (tertiary/aromatic N) is 1. The van der Waals surface area contributed by atoms with E-state index in [1.54, 1.807) is 23.1 Å². The molecule has 4 aromatic rings. The minimum atomic E-state index is -0.874. The average Bonchev–Trinajstić information content (AvgIpc) is 3.25. The van der Waals surface area contributed by atoms with Crippen molar-refractivity contribution < 1.29 is 14.7 Å². The number of carbonyl (C=O) groups excluding carboxylic acids is 1. The summed E-state index contributed by atoms with van der Waals surface area (Å²) in [5, 5.41) is 14.9. The molecule has 5 rings (SSSR count). The number of aliphatic carboxylic acids is 1. The zero-order valence-electron chi connectivity index (χ0n) is 18.0. The van der Waals surface area contributed by atoms with E-state index in [-0.39, 0.29) is 5.91 Å². The third kappa shape index (κ3) is 4.75. The highest BCUT2D eigenvalue weighted by atomic mass is 32.2. The van der Waals surface area contributed by atoms with E-state index in [4.69, 9.17) is 4.98 Å². The topological polar surface area (TPSA) is 79.3 Å². The number of fused-ring (bicyclic) bond motifs is 2. The van der Waals surface area contributed by atoms with Gasteiger partial charge in [0.1, 0.15) is 0 Å². The van der Waals surface area contributed by atoms with Crippen LogP contribution in [0.3, 0.4) is 0 Å². The Morgan fingerprint density at radius 1 is 1.03 bits per heavy atom. The zero-order chi connectivity index (χ0) is 22.8. The van der Waals surface area contributed by atoms with Crippen LogP contribution >= 0.6 is 23.1 Å². The Balaban J connectivity index is 1.29. The highest BCUT2D eigenvalue weighted by Gasteiger charge is 2.35. The van der Waals surface area contributed by atoms with E-state index >= 15 is 0 Å². The van der Waals surface area contributed by atoms with E-state index in [9.17, 15) is 14.7 Å². The summed E-state index contributed by atoms with van der Waals surface area (Å²) in [5.74, 6) is -1.30. The molecular formula is C26H24N2O3S2. The average molecular weight is 477 g/mol. The van der Waals surface area contributed by atoms with Crippen LogP contribution in [0.15, 0.2) is 65.0 Å². The van der Waals surface area contributed by atoms with Crippen LogP contribution in [0.4, 0.5) is 5.69 Å². The molecular weight excluding hydrogens is 452 g/mol. The SMILES string of the molecule is O=C(O)[C@@H]1CCCC[C@H]1C(=O)Nc1ccc2nc(SCc3cccc4ccccc34)sc2c1. The minimum Gasteiger partial charge on any atom is -0.481 e. The quantitative estimate of drug-likeness (QED) is 0.308. The van der Waals surface area contributed by atoms with Crippen molar-refractivity contribution in [2.24, 2.45) is 11.8 Å². The van der Waals surface area contributed by atoms with Crippen LogP contribution in [-0.2, 0) is 15.3 Å². The van der Waals surface area contributed by atoms with Crippen LogP contribution in [0.2, 0.25) is 0 Å². The maximum Gasteiger partial charge on any atom is 0.307 e. The summed E-state index contributed by atoms with van der Waals surface area (Å²) >= 11 is 3.33. The van der Waals surface area contributed by atoms with Gasteiger partial charge in [-0.1, -0.05) is 67.1 Å². The number of carboxylic acid groups (broad SMARTS) is 1. The molecule has 1 fully saturated rings. The number of hydrogen-bond acceptors (Lipinski definition) is 5. The van der Waals surface area contributed by atoms with Crippen molar-refractivity contribution in [3.8, 4) is 0 Å². The monoisotopic (exact) mass is 476 g/mol. The lowest BCUT2D eigenvalue weighted by Crippen LogP contribution is -2.36. The van der Waals surface area contributed by atoms with Crippen LogP contribution in [-0.4, -0.2) is 22.0 Å². The van der Waals surface area contributed by atoms with Crippen LogP contribution in [0.5, 0.6) is 0 Å². The lowest BCUT2D eigenvalue weighted by molar-refractivity contribution is -0.147. The Kier molecular flexibility index (Phi) is 6.33. The van der Waals surface area contributed by atoms with E-state index in [2.05, 4.69) is 47.8 Å². The smallest absolute Gasteiger partial charge is 0.307 e. The molecule has 5 nitrogen and oxygen atoms in total. The molecule has 2 N–H and O–H groups in total. The normalized spacial score (nSPS) is 18.4. The van der Waals surface area contributed by atoms with Crippen molar-refractivity contribution in [1.29, 1.82) is 0 Å². The van der Waals surface area contributed by atoms with Crippen LogP contribution < -0.4 is 5.32 Å². The first-order chi connectivity index (χ1) is 16.1. The number of carboxylic acids is 1. The number of amides is 1. The molecule has 3 aromatic carbocycles. The summed E-state index contributed by atoms with van der Waals surface area (Å²) in [5.41, 5.74) is 2.88. The predicted molar refractivity (Wildman–Crippen MR) is 135 cm³/mol. The van der Waals surface area contributed by atoms with Crippen molar-refractivity contribution in [3.05, 3.63) is 66.2 Å². The van der Waals surface area contributed by atoms with Gasteiger partial charge in [0.2, 0.25) is 5.91 Å².